The number of rotatable bonds is 2. The summed E-state index contributed by atoms with van der Waals surface area (Å²) >= 11 is 0. The summed E-state index contributed by atoms with van der Waals surface area (Å²) in [5.41, 5.74) is 5.91. The lowest BCUT2D eigenvalue weighted by atomic mass is 9.86. The Balaban J connectivity index is 1.92. The van der Waals surface area contributed by atoms with Gasteiger partial charge in [0.2, 0.25) is 0 Å². The first kappa shape index (κ1) is 11.4. The van der Waals surface area contributed by atoms with Crippen LogP contribution in [0.3, 0.4) is 0 Å². The van der Waals surface area contributed by atoms with Crippen LogP contribution in [-0.2, 0) is 0 Å². The molecule has 0 spiro atoms. The zero-order chi connectivity index (χ0) is 10.8. The third kappa shape index (κ3) is 2.36. The van der Waals surface area contributed by atoms with E-state index in [-0.39, 0.29) is 0 Å². The minimum Gasteiger partial charge on any atom is -0.329 e. The maximum atomic E-state index is 5.91. The molecule has 1 saturated heterocycles. The maximum absolute atomic E-state index is 5.91. The lowest BCUT2D eigenvalue weighted by Gasteiger charge is -2.37. The fourth-order valence-corrected chi connectivity index (χ4v) is 3.43. The van der Waals surface area contributed by atoms with Crippen molar-refractivity contribution in [2.45, 2.75) is 58.0 Å². The molecule has 2 rings (SSSR count). The van der Waals surface area contributed by atoms with E-state index in [1.165, 1.54) is 38.6 Å². The highest BCUT2D eigenvalue weighted by atomic mass is 15.2. The molecule has 1 saturated carbocycles. The van der Waals surface area contributed by atoms with Crippen molar-refractivity contribution in [3.63, 3.8) is 0 Å². The average Bonchev–Trinajstić information content (AvgIpc) is 2.61. The fourth-order valence-electron chi connectivity index (χ4n) is 3.43. The molecule has 1 aliphatic heterocycles. The molecule has 2 N–H and O–H groups in total. The second-order valence-corrected chi connectivity index (χ2v) is 5.72. The molecule has 2 atom stereocenters. The SMILES string of the molecule is CC1CCC(N2CCC(C)C2CN)CC1. The van der Waals surface area contributed by atoms with Gasteiger partial charge in [0.25, 0.3) is 0 Å². The van der Waals surface area contributed by atoms with Gasteiger partial charge in [0.15, 0.2) is 0 Å². The van der Waals surface area contributed by atoms with Crippen LogP contribution in [0.25, 0.3) is 0 Å². The van der Waals surface area contributed by atoms with Crippen molar-refractivity contribution in [2.24, 2.45) is 17.6 Å². The summed E-state index contributed by atoms with van der Waals surface area (Å²) in [5, 5.41) is 0. The van der Waals surface area contributed by atoms with Crippen molar-refractivity contribution < 1.29 is 0 Å². The Morgan fingerprint density at radius 3 is 2.33 bits per heavy atom. The monoisotopic (exact) mass is 210 g/mol. The third-order valence-electron chi connectivity index (χ3n) is 4.62. The maximum Gasteiger partial charge on any atom is 0.0247 e. The highest BCUT2D eigenvalue weighted by Crippen LogP contribution is 2.33. The summed E-state index contributed by atoms with van der Waals surface area (Å²) in [4.78, 5) is 2.72. The van der Waals surface area contributed by atoms with Crippen molar-refractivity contribution in [3.8, 4) is 0 Å². The van der Waals surface area contributed by atoms with Gasteiger partial charge in [-0.15, -0.1) is 0 Å². The summed E-state index contributed by atoms with van der Waals surface area (Å²) in [6, 6.07) is 1.52. The van der Waals surface area contributed by atoms with Crippen molar-refractivity contribution >= 4 is 0 Å². The Morgan fingerprint density at radius 1 is 1.07 bits per heavy atom. The van der Waals surface area contributed by atoms with Gasteiger partial charge in [-0.25, -0.2) is 0 Å². The predicted molar refractivity (Wildman–Crippen MR) is 64.7 cm³/mol. The molecule has 2 fully saturated rings. The number of hydrogen-bond donors (Lipinski definition) is 1. The van der Waals surface area contributed by atoms with Gasteiger partial charge in [-0.05, 0) is 50.5 Å². The van der Waals surface area contributed by atoms with Crippen molar-refractivity contribution in [1.82, 2.24) is 4.90 Å². The molecule has 0 aromatic heterocycles. The minimum absolute atomic E-state index is 0.670. The first-order valence-corrected chi connectivity index (χ1v) is 6.68. The topological polar surface area (TPSA) is 29.3 Å². The lowest BCUT2D eigenvalue weighted by molar-refractivity contribution is 0.120. The zero-order valence-corrected chi connectivity index (χ0v) is 10.3. The number of nitrogens with two attached hydrogens (primary N) is 1. The molecule has 1 aliphatic carbocycles. The highest BCUT2D eigenvalue weighted by Gasteiger charge is 2.35. The van der Waals surface area contributed by atoms with Gasteiger partial charge < -0.3 is 5.73 Å². The Morgan fingerprint density at radius 2 is 1.73 bits per heavy atom. The molecule has 0 aromatic carbocycles. The lowest BCUT2D eigenvalue weighted by Crippen LogP contribution is -2.45. The summed E-state index contributed by atoms with van der Waals surface area (Å²) in [6.45, 7) is 6.90. The van der Waals surface area contributed by atoms with Crippen LogP contribution in [0, 0.1) is 11.8 Å². The average molecular weight is 210 g/mol. The molecule has 0 radical (unpaired) electrons. The molecule has 0 aromatic rings. The van der Waals surface area contributed by atoms with Crippen LogP contribution < -0.4 is 5.73 Å². The van der Waals surface area contributed by atoms with Crippen molar-refractivity contribution in [3.05, 3.63) is 0 Å². The second kappa shape index (κ2) is 4.84. The van der Waals surface area contributed by atoms with E-state index >= 15 is 0 Å². The molecule has 2 unspecified atom stereocenters. The first-order chi connectivity index (χ1) is 7.22. The van der Waals surface area contributed by atoms with Gasteiger partial charge in [0.1, 0.15) is 0 Å². The molecule has 1 heterocycles. The van der Waals surface area contributed by atoms with E-state index in [0.717, 1.165) is 24.4 Å². The quantitative estimate of drug-likeness (QED) is 0.757. The van der Waals surface area contributed by atoms with Gasteiger partial charge in [-0.2, -0.15) is 0 Å². The Hall–Kier alpha value is -0.0800. The predicted octanol–water partition coefficient (Wildman–Crippen LogP) is 2.23. The van der Waals surface area contributed by atoms with Crippen molar-refractivity contribution in [2.75, 3.05) is 13.1 Å². The Labute approximate surface area is 94.2 Å². The van der Waals surface area contributed by atoms with Gasteiger partial charge in [-0.1, -0.05) is 13.8 Å². The van der Waals surface area contributed by atoms with E-state index in [2.05, 4.69) is 18.7 Å². The van der Waals surface area contributed by atoms with Crippen LogP contribution >= 0.6 is 0 Å². The fraction of sp³-hybridized carbons (Fsp3) is 1.00. The number of nitrogens with zero attached hydrogens (tertiary/aromatic N) is 1. The van der Waals surface area contributed by atoms with Crippen LogP contribution in [0.1, 0.15) is 46.0 Å². The van der Waals surface area contributed by atoms with E-state index in [1.807, 2.05) is 0 Å². The van der Waals surface area contributed by atoms with E-state index < -0.39 is 0 Å². The van der Waals surface area contributed by atoms with Crippen LogP contribution in [-0.4, -0.2) is 30.1 Å². The minimum atomic E-state index is 0.670. The first-order valence-electron chi connectivity index (χ1n) is 6.68. The van der Waals surface area contributed by atoms with E-state index in [9.17, 15) is 0 Å². The summed E-state index contributed by atoms with van der Waals surface area (Å²) < 4.78 is 0. The summed E-state index contributed by atoms with van der Waals surface area (Å²) in [7, 11) is 0. The van der Waals surface area contributed by atoms with Crippen molar-refractivity contribution in [1.29, 1.82) is 0 Å². The molecule has 0 amide bonds. The van der Waals surface area contributed by atoms with Crippen LogP contribution in [0.5, 0.6) is 0 Å². The standard InChI is InChI=1S/C13H26N2/c1-10-3-5-12(6-4-10)15-8-7-11(2)13(15)9-14/h10-13H,3-9,14H2,1-2H3. The molecule has 15 heavy (non-hydrogen) atoms. The van der Waals surface area contributed by atoms with Crippen LogP contribution in [0.15, 0.2) is 0 Å². The largest absolute Gasteiger partial charge is 0.329 e. The zero-order valence-electron chi connectivity index (χ0n) is 10.3. The van der Waals surface area contributed by atoms with E-state index in [0.29, 0.717) is 6.04 Å². The van der Waals surface area contributed by atoms with Gasteiger partial charge in [-0.3, -0.25) is 4.90 Å². The Bertz CT molecular complexity index is 197. The third-order valence-corrected chi connectivity index (χ3v) is 4.62. The number of hydrogen-bond acceptors (Lipinski definition) is 2. The second-order valence-electron chi connectivity index (χ2n) is 5.72. The highest BCUT2D eigenvalue weighted by molar-refractivity contribution is 4.91. The molecule has 88 valence electrons. The molecular weight excluding hydrogens is 184 g/mol. The van der Waals surface area contributed by atoms with Crippen LogP contribution in [0.2, 0.25) is 0 Å². The smallest absolute Gasteiger partial charge is 0.0247 e. The van der Waals surface area contributed by atoms with Crippen LogP contribution in [0.4, 0.5) is 0 Å². The van der Waals surface area contributed by atoms with E-state index in [4.69, 9.17) is 5.73 Å². The van der Waals surface area contributed by atoms with E-state index in [1.54, 1.807) is 0 Å². The summed E-state index contributed by atoms with van der Waals surface area (Å²) in [6.07, 6.45) is 7.02. The van der Waals surface area contributed by atoms with Gasteiger partial charge in [0, 0.05) is 18.6 Å². The van der Waals surface area contributed by atoms with Gasteiger partial charge in [0.05, 0.1) is 0 Å². The molecule has 2 nitrogen and oxygen atoms in total. The normalized spacial score (nSPS) is 43.4. The van der Waals surface area contributed by atoms with Gasteiger partial charge >= 0.3 is 0 Å². The molecule has 2 heteroatoms. The summed E-state index contributed by atoms with van der Waals surface area (Å²) in [5.74, 6) is 1.77. The molecule has 2 aliphatic rings. The Kier molecular flexibility index (Phi) is 3.68. The molecular formula is C13H26N2. The number of likely N-dealkylation sites (tertiary alicyclic amines) is 1. The molecule has 0 bridgehead atoms.